The quantitative estimate of drug-likeness (QED) is 0.822. The Morgan fingerprint density at radius 1 is 1.09 bits per heavy atom. The van der Waals surface area contributed by atoms with Crippen molar-refractivity contribution < 1.29 is 9.59 Å². The summed E-state index contributed by atoms with van der Waals surface area (Å²) in [6.07, 6.45) is 0. The second kappa shape index (κ2) is 7.09. The fourth-order valence-electron chi connectivity index (χ4n) is 1.95. The van der Waals surface area contributed by atoms with Gasteiger partial charge in [0.1, 0.15) is 0 Å². The van der Waals surface area contributed by atoms with Crippen molar-refractivity contribution in [1.29, 1.82) is 0 Å². The number of anilines is 2. The number of hydrogen-bond acceptors (Lipinski definition) is 3. The Kier molecular flexibility index (Phi) is 5.17. The molecule has 0 heterocycles. The number of aryl methyl sites for hydroxylation is 1. The van der Waals surface area contributed by atoms with E-state index in [4.69, 9.17) is 11.6 Å². The number of amides is 1. The van der Waals surface area contributed by atoms with E-state index in [1.807, 2.05) is 13.0 Å². The number of carbonyl (C=O) groups excluding carboxylic acids is 2. The zero-order valence-corrected chi connectivity index (χ0v) is 13.2. The maximum absolute atomic E-state index is 11.9. The molecule has 1 amide bonds. The van der Waals surface area contributed by atoms with E-state index in [0.717, 1.165) is 11.3 Å². The van der Waals surface area contributed by atoms with Crippen molar-refractivity contribution in [2.24, 2.45) is 0 Å². The molecule has 0 radical (unpaired) electrons. The second-order valence-electron chi connectivity index (χ2n) is 4.99. The molecule has 0 spiro atoms. The van der Waals surface area contributed by atoms with E-state index >= 15 is 0 Å². The van der Waals surface area contributed by atoms with Crippen molar-refractivity contribution in [3.63, 3.8) is 0 Å². The van der Waals surface area contributed by atoms with Crippen LogP contribution < -0.4 is 10.6 Å². The lowest BCUT2D eigenvalue weighted by atomic mass is 10.1. The van der Waals surface area contributed by atoms with Crippen molar-refractivity contribution in [3.05, 3.63) is 58.6 Å². The molecule has 0 aliphatic heterocycles. The van der Waals surface area contributed by atoms with Gasteiger partial charge in [-0.25, -0.2) is 0 Å². The predicted octanol–water partition coefficient (Wildman–Crippen LogP) is 3.90. The Bertz CT molecular complexity index is 696. The highest BCUT2D eigenvalue weighted by atomic mass is 35.5. The summed E-state index contributed by atoms with van der Waals surface area (Å²) in [6.45, 7) is 3.58. The number of carbonyl (C=O) groups is 2. The molecule has 0 saturated carbocycles. The summed E-state index contributed by atoms with van der Waals surface area (Å²) < 4.78 is 0. The number of hydrogen-bond donors (Lipinski definition) is 2. The lowest BCUT2D eigenvalue weighted by Crippen LogP contribution is -2.22. The molecule has 4 nitrogen and oxygen atoms in total. The molecular formula is C17H17ClN2O2. The predicted molar refractivity (Wildman–Crippen MR) is 89.8 cm³/mol. The van der Waals surface area contributed by atoms with E-state index in [-0.39, 0.29) is 18.2 Å². The van der Waals surface area contributed by atoms with Gasteiger partial charge in [0.15, 0.2) is 5.78 Å². The van der Waals surface area contributed by atoms with Crippen molar-refractivity contribution in [2.45, 2.75) is 13.8 Å². The van der Waals surface area contributed by atoms with Gasteiger partial charge in [0.25, 0.3) is 0 Å². The number of nitrogens with one attached hydrogen (secondary N) is 2. The minimum absolute atomic E-state index is 0.00373. The minimum Gasteiger partial charge on any atom is -0.376 e. The summed E-state index contributed by atoms with van der Waals surface area (Å²) in [5, 5.41) is 6.44. The van der Waals surface area contributed by atoms with Crippen molar-refractivity contribution in [3.8, 4) is 0 Å². The van der Waals surface area contributed by atoms with Crippen LogP contribution in [-0.4, -0.2) is 18.2 Å². The topological polar surface area (TPSA) is 58.2 Å². The van der Waals surface area contributed by atoms with Crippen LogP contribution in [0.15, 0.2) is 42.5 Å². The molecule has 0 aliphatic rings. The molecule has 0 saturated heterocycles. The summed E-state index contributed by atoms with van der Waals surface area (Å²) in [4.78, 5) is 23.1. The van der Waals surface area contributed by atoms with Crippen LogP contribution >= 0.6 is 11.6 Å². The molecule has 0 aromatic heterocycles. The van der Waals surface area contributed by atoms with Crippen molar-refractivity contribution in [1.82, 2.24) is 0 Å². The van der Waals surface area contributed by atoms with Gasteiger partial charge in [-0.1, -0.05) is 17.7 Å². The number of Topliss-reactive ketones (excluding diaryl/α,β-unsaturated/α-hetero) is 1. The molecule has 0 bridgehead atoms. The van der Waals surface area contributed by atoms with Gasteiger partial charge < -0.3 is 10.6 Å². The lowest BCUT2D eigenvalue weighted by molar-refractivity contribution is -0.114. The van der Waals surface area contributed by atoms with Crippen LogP contribution in [0.1, 0.15) is 22.8 Å². The Morgan fingerprint density at radius 2 is 1.77 bits per heavy atom. The zero-order chi connectivity index (χ0) is 16.1. The van der Waals surface area contributed by atoms with E-state index < -0.39 is 0 Å². The highest BCUT2D eigenvalue weighted by molar-refractivity contribution is 6.30. The monoisotopic (exact) mass is 316 g/mol. The maximum atomic E-state index is 11.9. The van der Waals surface area contributed by atoms with Crippen LogP contribution in [0.4, 0.5) is 11.4 Å². The van der Waals surface area contributed by atoms with Crippen LogP contribution in [0, 0.1) is 6.92 Å². The van der Waals surface area contributed by atoms with Gasteiger partial charge >= 0.3 is 0 Å². The van der Waals surface area contributed by atoms with Gasteiger partial charge in [-0.3, -0.25) is 9.59 Å². The summed E-state index contributed by atoms with van der Waals surface area (Å²) in [5.41, 5.74) is 3.11. The Morgan fingerprint density at radius 3 is 2.41 bits per heavy atom. The summed E-state index contributed by atoms with van der Waals surface area (Å²) in [6, 6.07) is 12.3. The number of ketones is 1. The first-order valence-electron chi connectivity index (χ1n) is 6.86. The molecule has 22 heavy (non-hydrogen) atoms. The molecular weight excluding hydrogens is 300 g/mol. The molecule has 2 rings (SSSR count). The molecule has 2 aromatic carbocycles. The molecule has 0 unspecified atom stereocenters. The Hall–Kier alpha value is -2.33. The molecule has 0 aliphatic carbocycles. The highest BCUT2D eigenvalue weighted by Gasteiger charge is 2.05. The smallest absolute Gasteiger partial charge is 0.243 e. The fourth-order valence-corrected chi connectivity index (χ4v) is 2.13. The number of halogens is 1. The first kappa shape index (κ1) is 16.0. The normalized spacial score (nSPS) is 10.1. The van der Waals surface area contributed by atoms with Gasteiger partial charge in [-0.05, 0) is 55.8 Å². The molecule has 2 aromatic rings. The van der Waals surface area contributed by atoms with Crippen molar-refractivity contribution in [2.75, 3.05) is 17.2 Å². The van der Waals surface area contributed by atoms with Crippen LogP contribution in [0.5, 0.6) is 0 Å². The van der Waals surface area contributed by atoms with E-state index in [0.29, 0.717) is 16.3 Å². The third-order valence-electron chi connectivity index (χ3n) is 3.21. The summed E-state index contributed by atoms with van der Waals surface area (Å²) in [7, 11) is 0. The van der Waals surface area contributed by atoms with E-state index in [9.17, 15) is 9.59 Å². The van der Waals surface area contributed by atoms with Crippen LogP contribution in [0.2, 0.25) is 5.02 Å². The van der Waals surface area contributed by atoms with Crippen molar-refractivity contribution >= 4 is 34.7 Å². The Balaban J connectivity index is 1.92. The molecule has 5 heteroatoms. The van der Waals surface area contributed by atoms with Crippen LogP contribution in [0.3, 0.4) is 0 Å². The molecule has 0 atom stereocenters. The van der Waals surface area contributed by atoms with E-state index in [1.54, 1.807) is 36.4 Å². The standard InChI is InChI=1S/C17H17ClN2O2/c1-11-3-6-14(18)9-16(11)19-10-17(22)20-15-7-4-13(5-8-15)12(2)21/h3-9,19H,10H2,1-2H3,(H,20,22). The first-order chi connectivity index (χ1) is 10.5. The molecule has 114 valence electrons. The molecule has 2 N–H and O–H groups in total. The SMILES string of the molecule is CC(=O)c1ccc(NC(=O)CNc2cc(Cl)ccc2C)cc1. The highest BCUT2D eigenvalue weighted by Crippen LogP contribution is 2.19. The zero-order valence-electron chi connectivity index (χ0n) is 12.4. The lowest BCUT2D eigenvalue weighted by Gasteiger charge is -2.10. The maximum Gasteiger partial charge on any atom is 0.243 e. The van der Waals surface area contributed by atoms with Gasteiger partial charge in [-0.2, -0.15) is 0 Å². The van der Waals surface area contributed by atoms with Gasteiger partial charge in [0.05, 0.1) is 6.54 Å². The average molecular weight is 317 g/mol. The third-order valence-corrected chi connectivity index (χ3v) is 3.45. The van der Waals surface area contributed by atoms with Gasteiger partial charge in [0.2, 0.25) is 5.91 Å². The largest absolute Gasteiger partial charge is 0.376 e. The van der Waals surface area contributed by atoms with Gasteiger partial charge in [0, 0.05) is 22.0 Å². The Labute approximate surface area is 134 Å². The van der Waals surface area contributed by atoms with Crippen LogP contribution in [-0.2, 0) is 4.79 Å². The van der Waals surface area contributed by atoms with E-state index in [1.165, 1.54) is 6.92 Å². The van der Waals surface area contributed by atoms with Gasteiger partial charge in [-0.15, -0.1) is 0 Å². The summed E-state index contributed by atoms with van der Waals surface area (Å²) in [5.74, 6) is -0.175. The van der Waals surface area contributed by atoms with Crippen LogP contribution in [0.25, 0.3) is 0 Å². The molecule has 0 fully saturated rings. The third kappa shape index (κ3) is 4.33. The minimum atomic E-state index is -0.171. The average Bonchev–Trinajstić information content (AvgIpc) is 2.49. The summed E-state index contributed by atoms with van der Waals surface area (Å²) >= 11 is 5.93. The van der Waals surface area contributed by atoms with E-state index in [2.05, 4.69) is 10.6 Å². The number of rotatable bonds is 5. The number of benzene rings is 2. The first-order valence-corrected chi connectivity index (χ1v) is 7.24. The fraction of sp³-hybridized carbons (Fsp3) is 0.176. The second-order valence-corrected chi connectivity index (χ2v) is 5.43.